The van der Waals surface area contributed by atoms with Crippen LogP contribution in [0, 0.1) is 17.1 Å². The summed E-state index contributed by atoms with van der Waals surface area (Å²) in [6.07, 6.45) is 0. The molecule has 1 atom stereocenters. The Morgan fingerprint density at radius 3 is 2.70 bits per heavy atom. The number of phenolic OH excluding ortho intramolecular Hbond substituents is 1. The molecule has 102 valence electrons. The topological polar surface area (TPSA) is 65.3 Å². The lowest BCUT2D eigenvalue weighted by Crippen LogP contribution is -2.08. The first-order chi connectivity index (χ1) is 9.63. The van der Waals surface area contributed by atoms with Crippen molar-refractivity contribution in [2.45, 2.75) is 6.04 Å². The summed E-state index contributed by atoms with van der Waals surface area (Å²) in [4.78, 5) is 0. The van der Waals surface area contributed by atoms with Crippen molar-refractivity contribution in [3.63, 3.8) is 0 Å². The molecule has 0 radical (unpaired) electrons. The van der Waals surface area contributed by atoms with Crippen molar-refractivity contribution >= 4 is 5.69 Å². The predicted molar refractivity (Wildman–Crippen MR) is 73.0 cm³/mol. The Morgan fingerprint density at radius 1 is 1.30 bits per heavy atom. The van der Waals surface area contributed by atoms with Crippen molar-refractivity contribution in [2.75, 3.05) is 12.4 Å². The molecular weight excluding hydrogens is 259 g/mol. The summed E-state index contributed by atoms with van der Waals surface area (Å²) < 4.78 is 18.1. The van der Waals surface area contributed by atoms with Crippen LogP contribution in [0.15, 0.2) is 42.5 Å². The molecule has 0 saturated heterocycles. The van der Waals surface area contributed by atoms with Crippen LogP contribution in [-0.4, -0.2) is 12.2 Å². The van der Waals surface area contributed by atoms with Gasteiger partial charge in [0.1, 0.15) is 11.9 Å². The predicted octanol–water partition coefficient (Wildman–Crippen LogP) is 3.22. The van der Waals surface area contributed by atoms with E-state index in [2.05, 4.69) is 11.4 Å². The van der Waals surface area contributed by atoms with Crippen LogP contribution >= 0.6 is 0 Å². The average molecular weight is 272 g/mol. The highest BCUT2D eigenvalue weighted by atomic mass is 19.1. The Bertz CT molecular complexity index is 653. The molecule has 5 heteroatoms. The lowest BCUT2D eigenvalue weighted by atomic mass is 10.1. The maximum absolute atomic E-state index is 13.1. The van der Waals surface area contributed by atoms with Gasteiger partial charge < -0.3 is 15.2 Å². The third kappa shape index (κ3) is 2.98. The molecule has 2 aromatic carbocycles. The van der Waals surface area contributed by atoms with Crippen LogP contribution in [0.4, 0.5) is 10.1 Å². The monoisotopic (exact) mass is 272 g/mol. The van der Waals surface area contributed by atoms with Gasteiger partial charge in [-0.2, -0.15) is 5.26 Å². The van der Waals surface area contributed by atoms with Crippen LogP contribution in [0.25, 0.3) is 0 Å². The van der Waals surface area contributed by atoms with Crippen LogP contribution in [-0.2, 0) is 0 Å². The molecule has 2 aromatic rings. The van der Waals surface area contributed by atoms with E-state index in [1.807, 2.05) is 0 Å². The van der Waals surface area contributed by atoms with Gasteiger partial charge in [0.15, 0.2) is 11.5 Å². The lowest BCUT2D eigenvalue weighted by molar-refractivity contribution is 0.373. The van der Waals surface area contributed by atoms with Gasteiger partial charge in [-0.1, -0.05) is 12.1 Å². The van der Waals surface area contributed by atoms with Gasteiger partial charge in [-0.25, -0.2) is 4.39 Å². The van der Waals surface area contributed by atoms with Crippen molar-refractivity contribution in [1.82, 2.24) is 0 Å². The third-order valence-electron chi connectivity index (χ3n) is 2.80. The zero-order valence-corrected chi connectivity index (χ0v) is 10.8. The Kier molecular flexibility index (Phi) is 4.06. The minimum Gasteiger partial charge on any atom is -0.504 e. The van der Waals surface area contributed by atoms with E-state index in [9.17, 15) is 14.8 Å². The highest BCUT2D eigenvalue weighted by molar-refractivity contribution is 5.50. The van der Waals surface area contributed by atoms with Gasteiger partial charge in [-0.15, -0.1) is 0 Å². The average Bonchev–Trinajstić information content (AvgIpc) is 2.44. The van der Waals surface area contributed by atoms with Crippen LogP contribution in [0.2, 0.25) is 0 Å². The minimum absolute atomic E-state index is 0.0497. The summed E-state index contributed by atoms with van der Waals surface area (Å²) in [5.41, 5.74) is 1.06. The summed E-state index contributed by atoms with van der Waals surface area (Å²) in [6.45, 7) is 0. The highest BCUT2D eigenvalue weighted by Crippen LogP contribution is 2.30. The fourth-order valence-corrected chi connectivity index (χ4v) is 1.82. The molecule has 20 heavy (non-hydrogen) atoms. The first kappa shape index (κ1) is 13.7. The zero-order chi connectivity index (χ0) is 14.5. The summed E-state index contributed by atoms with van der Waals surface area (Å²) in [7, 11) is 1.45. The number of aromatic hydroxyl groups is 1. The molecule has 0 heterocycles. The van der Waals surface area contributed by atoms with Crippen molar-refractivity contribution in [2.24, 2.45) is 0 Å². The number of ether oxygens (including phenoxy) is 1. The second-order valence-electron chi connectivity index (χ2n) is 4.15. The number of anilines is 1. The molecular formula is C15H13FN2O2. The standard InChI is InChI=1S/C15H13FN2O2/c1-20-15-6-5-10(7-14(15)19)13(9-17)18-12-4-2-3-11(16)8-12/h2-8,13,18-19H,1H3. The van der Waals surface area contributed by atoms with Gasteiger partial charge in [0.2, 0.25) is 0 Å². The molecule has 0 saturated carbocycles. The fourth-order valence-electron chi connectivity index (χ4n) is 1.82. The Morgan fingerprint density at radius 2 is 2.10 bits per heavy atom. The van der Waals surface area contributed by atoms with Crippen LogP contribution in [0.3, 0.4) is 0 Å². The molecule has 0 fully saturated rings. The molecule has 0 aromatic heterocycles. The smallest absolute Gasteiger partial charge is 0.160 e. The second-order valence-corrected chi connectivity index (χ2v) is 4.15. The molecule has 0 amide bonds. The van der Waals surface area contributed by atoms with Crippen molar-refractivity contribution < 1.29 is 14.2 Å². The normalized spacial score (nSPS) is 11.4. The summed E-state index contributed by atoms with van der Waals surface area (Å²) in [5.74, 6) is -0.105. The molecule has 2 N–H and O–H groups in total. The highest BCUT2D eigenvalue weighted by Gasteiger charge is 2.13. The maximum Gasteiger partial charge on any atom is 0.160 e. The van der Waals surface area contributed by atoms with Gasteiger partial charge >= 0.3 is 0 Å². The number of nitrogens with zero attached hydrogens (tertiary/aromatic N) is 1. The van der Waals surface area contributed by atoms with Gasteiger partial charge in [0, 0.05) is 5.69 Å². The quantitative estimate of drug-likeness (QED) is 0.897. The van der Waals surface area contributed by atoms with E-state index in [0.717, 1.165) is 0 Å². The number of phenols is 1. The van der Waals surface area contributed by atoms with E-state index >= 15 is 0 Å². The fraction of sp³-hybridized carbons (Fsp3) is 0.133. The number of hydrogen-bond acceptors (Lipinski definition) is 4. The van der Waals surface area contributed by atoms with E-state index in [-0.39, 0.29) is 11.6 Å². The van der Waals surface area contributed by atoms with E-state index in [1.165, 1.54) is 25.3 Å². The summed E-state index contributed by atoms with van der Waals surface area (Å²) >= 11 is 0. The lowest BCUT2D eigenvalue weighted by Gasteiger charge is -2.14. The third-order valence-corrected chi connectivity index (χ3v) is 2.80. The van der Waals surface area contributed by atoms with Gasteiger partial charge in [-0.3, -0.25) is 0 Å². The van der Waals surface area contributed by atoms with Crippen molar-refractivity contribution in [3.8, 4) is 17.6 Å². The van der Waals surface area contributed by atoms with E-state index in [1.54, 1.807) is 24.3 Å². The molecule has 0 spiro atoms. The van der Waals surface area contributed by atoms with E-state index < -0.39 is 6.04 Å². The van der Waals surface area contributed by atoms with Gasteiger partial charge in [0.05, 0.1) is 13.2 Å². The maximum atomic E-state index is 13.1. The van der Waals surface area contributed by atoms with Crippen LogP contribution in [0.5, 0.6) is 11.5 Å². The molecule has 2 rings (SSSR count). The number of rotatable bonds is 4. The van der Waals surface area contributed by atoms with Crippen molar-refractivity contribution in [1.29, 1.82) is 5.26 Å². The number of benzene rings is 2. The Labute approximate surface area is 116 Å². The van der Waals surface area contributed by atoms with Crippen LogP contribution in [0.1, 0.15) is 11.6 Å². The number of halogens is 1. The van der Waals surface area contributed by atoms with Crippen LogP contribution < -0.4 is 10.1 Å². The molecule has 0 aliphatic carbocycles. The minimum atomic E-state index is -0.700. The van der Waals surface area contributed by atoms with E-state index in [4.69, 9.17) is 4.74 Å². The molecule has 0 aliphatic rings. The Balaban J connectivity index is 2.25. The number of hydrogen-bond donors (Lipinski definition) is 2. The molecule has 0 bridgehead atoms. The number of nitriles is 1. The Hall–Kier alpha value is -2.74. The zero-order valence-electron chi connectivity index (χ0n) is 10.8. The van der Waals surface area contributed by atoms with Gasteiger partial charge in [0.25, 0.3) is 0 Å². The summed E-state index contributed by atoms with van der Waals surface area (Å²) in [6, 6.07) is 11.9. The summed E-state index contributed by atoms with van der Waals surface area (Å²) in [5, 5.41) is 21.8. The second kappa shape index (κ2) is 5.93. The van der Waals surface area contributed by atoms with E-state index in [0.29, 0.717) is 17.0 Å². The molecule has 4 nitrogen and oxygen atoms in total. The molecule has 0 aliphatic heterocycles. The number of nitrogens with one attached hydrogen (secondary N) is 1. The van der Waals surface area contributed by atoms with Crippen molar-refractivity contribution in [3.05, 3.63) is 53.8 Å². The molecule has 1 unspecified atom stereocenters. The van der Waals surface area contributed by atoms with Gasteiger partial charge in [-0.05, 0) is 35.9 Å². The first-order valence-electron chi connectivity index (χ1n) is 5.92. The first-order valence-corrected chi connectivity index (χ1v) is 5.92. The SMILES string of the molecule is COc1ccc(C(C#N)Nc2cccc(F)c2)cc1O. The number of methoxy groups -OCH3 is 1. The largest absolute Gasteiger partial charge is 0.504 e.